The van der Waals surface area contributed by atoms with Crippen molar-refractivity contribution < 1.29 is 26.3 Å². The van der Waals surface area contributed by atoms with E-state index in [1.54, 1.807) is 12.1 Å². The average molecular weight is 565 g/mol. The molecule has 5 heterocycles. The van der Waals surface area contributed by atoms with E-state index in [0.717, 1.165) is 31.5 Å². The highest BCUT2D eigenvalue weighted by Crippen LogP contribution is 2.33. The van der Waals surface area contributed by atoms with Crippen molar-refractivity contribution >= 4 is 37.5 Å². The van der Waals surface area contributed by atoms with Gasteiger partial charge in [-0.15, -0.1) is 0 Å². The molecule has 0 radical (unpaired) electrons. The standard InChI is InChI=1S/C24H23F3N6O3S2/c1-14(15-7-9-33(10-8-15)22-29-12-17(13-30-22)24(25,26)27)36-23-32-19-5-4-18(31-21(19)37-23)16-3-6-20(28-11-16)38(2,34)35/h3-6,11-15H,7-10H2,1-2H3/t14-/m0/s1. The third-order valence-corrected chi connectivity index (χ3v) is 8.24. The minimum atomic E-state index is -4.46. The summed E-state index contributed by atoms with van der Waals surface area (Å²) in [5.74, 6) is 0.523. The first-order valence-corrected chi connectivity index (χ1v) is 14.4. The monoisotopic (exact) mass is 564 g/mol. The van der Waals surface area contributed by atoms with E-state index < -0.39 is 21.6 Å². The highest BCUT2D eigenvalue weighted by atomic mass is 32.2. The summed E-state index contributed by atoms with van der Waals surface area (Å²) in [5.41, 5.74) is 1.16. The Morgan fingerprint density at radius 2 is 1.74 bits per heavy atom. The fraction of sp³-hybridized carbons (Fsp3) is 0.375. The smallest absolute Gasteiger partial charge is 0.419 e. The molecule has 1 saturated heterocycles. The van der Waals surface area contributed by atoms with Crippen molar-refractivity contribution in [3.05, 3.63) is 48.4 Å². The van der Waals surface area contributed by atoms with Gasteiger partial charge in [-0.25, -0.2) is 33.3 Å². The Kier molecular flexibility index (Phi) is 6.94. The maximum atomic E-state index is 12.8. The zero-order valence-electron chi connectivity index (χ0n) is 20.4. The van der Waals surface area contributed by atoms with E-state index in [1.165, 1.54) is 23.6 Å². The van der Waals surface area contributed by atoms with E-state index in [2.05, 4.69) is 24.9 Å². The Bertz CT molecular complexity index is 1540. The van der Waals surface area contributed by atoms with E-state index in [1.807, 2.05) is 17.9 Å². The maximum absolute atomic E-state index is 12.8. The van der Waals surface area contributed by atoms with Gasteiger partial charge in [0.05, 0.1) is 11.3 Å². The van der Waals surface area contributed by atoms with Crippen molar-refractivity contribution in [3.63, 3.8) is 0 Å². The number of hydrogen-bond acceptors (Lipinski definition) is 10. The number of fused-ring (bicyclic) bond motifs is 1. The summed E-state index contributed by atoms with van der Waals surface area (Å²) in [5, 5.41) is 0.499. The van der Waals surface area contributed by atoms with Crippen molar-refractivity contribution in [2.45, 2.75) is 37.1 Å². The molecule has 38 heavy (non-hydrogen) atoms. The van der Waals surface area contributed by atoms with Gasteiger partial charge >= 0.3 is 6.18 Å². The fourth-order valence-corrected chi connectivity index (χ4v) is 5.65. The summed E-state index contributed by atoms with van der Waals surface area (Å²) >= 11 is 1.32. The molecule has 4 aromatic rings. The van der Waals surface area contributed by atoms with E-state index in [-0.39, 0.29) is 17.0 Å². The summed E-state index contributed by atoms with van der Waals surface area (Å²) in [6.07, 6.45) is 1.17. The summed E-state index contributed by atoms with van der Waals surface area (Å²) in [4.78, 5) is 23.5. The molecule has 4 aromatic heterocycles. The SMILES string of the molecule is C[C@H](Oc1nc2ccc(-c3ccc(S(C)(=O)=O)nc3)nc2s1)C1CCN(c2ncc(C(F)(F)F)cn2)CC1. The van der Waals surface area contributed by atoms with E-state index in [4.69, 9.17) is 4.74 Å². The number of ether oxygens (including phenoxy) is 1. The lowest BCUT2D eigenvalue weighted by Gasteiger charge is -2.34. The molecule has 200 valence electrons. The van der Waals surface area contributed by atoms with Gasteiger partial charge in [-0.1, -0.05) is 11.3 Å². The predicted octanol–water partition coefficient (Wildman–Crippen LogP) is 4.65. The number of nitrogens with zero attached hydrogens (tertiary/aromatic N) is 6. The molecule has 0 spiro atoms. The normalized spacial score (nSPS) is 16.1. The van der Waals surface area contributed by atoms with Crippen LogP contribution in [0.5, 0.6) is 5.19 Å². The lowest BCUT2D eigenvalue weighted by Crippen LogP contribution is -2.39. The zero-order chi connectivity index (χ0) is 27.1. The molecule has 14 heteroatoms. The van der Waals surface area contributed by atoms with Crippen LogP contribution in [0.3, 0.4) is 0 Å². The molecule has 0 N–H and O–H groups in total. The average Bonchev–Trinajstić information content (AvgIpc) is 3.29. The number of pyridine rings is 2. The molecule has 0 aromatic carbocycles. The predicted molar refractivity (Wildman–Crippen MR) is 136 cm³/mol. The highest BCUT2D eigenvalue weighted by Gasteiger charge is 2.32. The first kappa shape index (κ1) is 26.2. The van der Waals surface area contributed by atoms with E-state index >= 15 is 0 Å². The molecule has 0 bridgehead atoms. The van der Waals surface area contributed by atoms with Gasteiger partial charge in [-0.05, 0) is 49.9 Å². The Hall–Kier alpha value is -3.39. The van der Waals surface area contributed by atoms with Crippen LogP contribution in [0.2, 0.25) is 0 Å². The van der Waals surface area contributed by atoms with Gasteiger partial charge in [-0.3, -0.25) is 0 Å². The number of sulfone groups is 1. The molecule has 9 nitrogen and oxygen atoms in total. The minimum absolute atomic E-state index is 0.00233. The van der Waals surface area contributed by atoms with Gasteiger partial charge in [0, 0.05) is 43.5 Å². The Morgan fingerprint density at radius 3 is 2.34 bits per heavy atom. The van der Waals surface area contributed by atoms with Gasteiger partial charge in [0.2, 0.25) is 5.95 Å². The first-order valence-electron chi connectivity index (χ1n) is 11.7. The van der Waals surface area contributed by atoms with Gasteiger partial charge in [0.15, 0.2) is 14.9 Å². The Balaban J connectivity index is 1.21. The topological polar surface area (TPSA) is 111 Å². The summed E-state index contributed by atoms with van der Waals surface area (Å²) in [6, 6.07) is 6.75. The summed E-state index contributed by atoms with van der Waals surface area (Å²) in [6.45, 7) is 3.20. The third-order valence-electron chi connectivity index (χ3n) is 6.39. The first-order chi connectivity index (χ1) is 18.0. The summed E-state index contributed by atoms with van der Waals surface area (Å²) in [7, 11) is -3.38. The van der Waals surface area contributed by atoms with E-state index in [0.29, 0.717) is 45.8 Å². The fourth-order valence-electron chi connectivity index (χ4n) is 4.21. The molecule has 0 aliphatic carbocycles. The van der Waals surface area contributed by atoms with E-state index in [9.17, 15) is 21.6 Å². The van der Waals surface area contributed by atoms with Crippen LogP contribution in [0.4, 0.5) is 19.1 Å². The second kappa shape index (κ2) is 10.1. The molecular weight excluding hydrogens is 541 g/mol. The molecule has 1 aliphatic heterocycles. The van der Waals surface area contributed by atoms with Gasteiger partial charge in [0.25, 0.3) is 5.19 Å². The molecular formula is C24H23F3N6O3S2. The number of anilines is 1. The molecule has 5 rings (SSSR count). The quantitative estimate of drug-likeness (QED) is 0.330. The van der Waals surface area contributed by atoms with Crippen LogP contribution in [0.25, 0.3) is 21.6 Å². The molecule has 1 fully saturated rings. The number of rotatable bonds is 6. The third kappa shape index (κ3) is 5.70. The van der Waals surface area contributed by atoms with Crippen LogP contribution < -0.4 is 9.64 Å². The van der Waals surface area contributed by atoms with Crippen molar-refractivity contribution in [2.75, 3.05) is 24.2 Å². The number of piperidine rings is 1. The minimum Gasteiger partial charge on any atom is -0.467 e. The van der Waals surface area contributed by atoms with Gasteiger partial charge in [-0.2, -0.15) is 13.2 Å². The number of hydrogen-bond donors (Lipinski definition) is 0. The van der Waals surface area contributed by atoms with Crippen molar-refractivity contribution in [3.8, 4) is 16.5 Å². The molecule has 0 amide bonds. The lowest BCUT2D eigenvalue weighted by molar-refractivity contribution is -0.138. The Morgan fingerprint density at radius 1 is 1.03 bits per heavy atom. The molecule has 0 saturated carbocycles. The zero-order valence-corrected chi connectivity index (χ0v) is 22.0. The highest BCUT2D eigenvalue weighted by molar-refractivity contribution is 7.90. The number of thiazole rings is 1. The second-order valence-electron chi connectivity index (χ2n) is 9.07. The van der Waals surface area contributed by atoms with Crippen LogP contribution in [0.1, 0.15) is 25.3 Å². The van der Waals surface area contributed by atoms with Gasteiger partial charge in [0.1, 0.15) is 16.5 Å². The van der Waals surface area contributed by atoms with Crippen molar-refractivity contribution in [2.24, 2.45) is 5.92 Å². The van der Waals surface area contributed by atoms with Crippen LogP contribution in [0.15, 0.2) is 47.9 Å². The van der Waals surface area contributed by atoms with Crippen LogP contribution in [-0.2, 0) is 16.0 Å². The number of alkyl halides is 3. The number of aromatic nitrogens is 5. The number of halogens is 3. The van der Waals surface area contributed by atoms with Crippen LogP contribution in [0, 0.1) is 5.92 Å². The molecule has 1 aliphatic rings. The van der Waals surface area contributed by atoms with Gasteiger partial charge < -0.3 is 9.64 Å². The Labute approximate surface area is 220 Å². The molecule has 0 unspecified atom stereocenters. The van der Waals surface area contributed by atoms with Crippen LogP contribution in [-0.4, -0.2) is 58.8 Å². The van der Waals surface area contributed by atoms with Crippen molar-refractivity contribution in [1.29, 1.82) is 0 Å². The van der Waals surface area contributed by atoms with Crippen LogP contribution >= 0.6 is 11.3 Å². The second-order valence-corrected chi connectivity index (χ2v) is 12.0. The summed E-state index contributed by atoms with van der Waals surface area (Å²) < 4.78 is 67.7. The van der Waals surface area contributed by atoms with Crippen molar-refractivity contribution in [1.82, 2.24) is 24.9 Å². The lowest BCUT2D eigenvalue weighted by atomic mass is 9.92. The maximum Gasteiger partial charge on any atom is 0.419 e. The molecule has 1 atom stereocenters. The largest absolute Gasteiger partial charge is 0.467 e.